The van der Waals surface area contributed by atoms with Gasteiger partial charge in [-0.15, -0.1) is 0 Å². The lowest BCUT2D eigenvalue weighted by Crippen LogP contribution is -1.98. The van der Waals surface area contributed by atoms with E-state index >= 15 is 0 Å². The fourth-order valence-corrected chi connectivity index (χ4v) is 3.82. The van der Waals surface area contributed by atoms with Gasteiger partial charge in [-0.2, -0.15) is 0 Å². The van der Waals surface area contributed by atoms with Crippen LogP contribution in [0.5, 0.6) is 0 Å². The molecular formula is C12H20N2P4. The van der Waals surface area contributed by atoms with Crippen LogP contribution in [0, 0.1) is 0 Å². The molecule has 0 aliphatic heterocycles. The van der Waals surface area contributed by atoms with Gasteiger partial charge in [-0.25, -0.2) is 0 Å². The Morgan fingerprint density at radius 3 is 2.39 bits per heavy atom. The zero-order valence-corrected chi connectivity index (χ0v) is 15.3. The van der Waals surface area contributed by atoms with Gasteiger partial charge < -0.3 is 0 Å². The molecule has 0 fully saturated rings. The molecule has 0 aliphatic carbocycles. The monoisotopic (exact) mass is 316 g/mol. The predicted octanol–water partition coefficient (Wildman–Crippen LogP) is 4.94. The largest absolute Gasteiger partial charge is 0.265 e. The molecule has 98 valence electrons. The molecule has 0 radical (unpaired) electrons. The molecule has 1 aromatic carbocycles. The topological polar surface area (TPSA) is 24.7 Å². The van der Waals surface area contributed by atoms with Gasteiger partial charge in [0.25, 0.3) is 0 Å². The van der Waals surface area contributed by atoms with E-state index in [-0.39, 0.29) is 7.76 Å². The quantitative estimate of drug-likeness (QED) is 0.543. The average molecular weight is 316 g/mol. The molecule has 4 unspecified atom stereocenters. The molecule has 2 nitrogen and oxygen atoms in total. The van der Waals surface area contributed by atoms with Crippen LogP contribution in [0.25, 0.3) is 0 Å². The first-order valence-corrected chi connectivity index (χ1v) is 12.5. The Hall–Kier alpha value is 0.280. The van der Waals surface area contributed by atoms with E-state index in [2.05, 4.69) is 69.9 Å². The molecule has 1 aromatic rings. The zero-order valence-electron chi connectivity index (χ0n) is 11.2. The zero-order chi connectivity index (χ0) is 13.5. The molecule has 0 saturated heterocycles. The second-order valence-corrected chi connectivity index (χ2v) is 10.6. The van der Waals surface area contributed by atoms with E-state index in [4.69, 9.17) is 0 Å². The molecular weight excluding hydrogens is 296 g/mol. The Kier molecular flexibility index (Phi) is 7.67. The minimum absolute atomic E-state index is 0.321. The van der Waals surface area contributed by atoms with Crippen LogP contribution < -0.4 is 0 Å². The third-order valence-corrected chi connectivity index (χ3v) is 4.98. The number of benzene rings is 1. The van der Waals surface area contributed by atoms with Crippen molar-refractivity contribution in [1.29, 1.82) is 0 Å². The van der Waals surface area contributed by atoms with Gasteiger partial charge in [-0.1, -0.05) is 35.4 Å². The van der Waals surface area contributed by atoms with E-state index in [0.717, 1.165) is 19.7 Å². The Morgan fingerprint density at radius 1 is 1.22 bits per heavy atom. The van der Waals surface area contributed by atoms with Crippen LogP contribution in [0.15, 0.2) is 33.8 Å². The second-order valence-electron chi connectivity index (χ2n) is 3.90. The highest BCUT2D eigenvalue weighted by Gasteiger charge is 2.02. The van der Waals surface area contributed by atoms with Gasteiger partial charge in [0.15, 0.2) is 0 Å². The summed E-state index contributed by atoms with van der Waals surface area (Å²) in [7, 11) is 4.04. The fourth-order valence-electron chi connectivity index (χ4n) is 1.47. The summed E-state index contributed by atoms with van der Waals surface area (Å²) in [6.45, 7) is 8.47. The average Bonchev–Trinajstić information content (AvgIpc) is 2.35. The van der Waals surface area contributed by atoms with Crippen LogP contribution in [0.1, 0.15) is 25.0 Å². The van der Waals surface area contributed by atoms with Crippen molar-refractivity contribution in [1.82, 2.24) is 0 Å². The van der Waals surface area contributed by atoms with Crippen LogP contribution in [0.4, 0.5) is 0 Å². The fraction of sp³-hybridized carbons (Fsp3) is 0.333. The summed E-state index contributed by atoms with van der Waals surface area (Å²) in [5.41, 5.74) is 4.63. The van der Waals surface area contributed by atoms with Crippen LogP contribution in [0.3, 0.4) is 0 Å². The maximum atomic E-state index is 4.62. The van der Waals surface area contributed by atoms with Gasteiger partial charge in [0, 0.05) is 27.6 Å². The maximum Gasteiger partial charge on any atom is 0.0437 e. The Morgan fingerprint density at radius 2 is 1.83 bits per heavy atom. The first-order chi connectivity index (χ1) is 8.54. The molecule has 18 heavy (non-hydrogen) atoms. The summed E-state index contributed by atoms with van der Waals surface area (Å²) in [4.78, 5) is 0. The van der Waals surface area contributed by atoms with E-state index in [0.29, 0.717) is 8.42 Å². The van der Waals surface area contributed by atoms with Crippen molar-refractivity contribution in [3.8, 4) is 0 Å². The van der Waals surface area contributed by atoms with Gasteiger partial charge in [0.2, 0.25) is 0 Å². The van der Waals surface area contributed by atoms with Gasteiger partial charge in [0.1, 0.15) is 0 Å². The molecule has 1 rings (SSSR count). The Balaban J connectivity index is 2.99. The molecule has 0 amide bonds. The molecule has 0 aromatic heterocycles. The molecule has 6 heteroatoms. The van der Waals surface area contributed by atoms with Crippen molar-refractivity contribution in [2.45, 2.75) is 13.8 Å². The third-order valence-electron chi connectivity index (χ3n) is 2.34. The summed E-state index contributed by atoms with van der Waals surface area (Å²) in [5.74, 6) is 0. The lowest BCUT2D eigenvalue weighted by molar-refractivity contribution is 1.55. The molecule has 0 N–H and O–H groups in total. The van der Waals surface area contributed by atoms with Gasteiger partial charge >= 0.3 is 0 Å². The smallest absolute Gasteiger partial charge is 0.0437 e. The van der Waals surface area contributed by atoms with Crippen LogP contribution in [-0.4, -0.2) is 24.8 Å². The van der Waals surface area contributed by atoms with Crippen molar-refractivity contribution < 1.29 is 0 Å². The summed E-state index contributed by atoms with van der Waals surface area (Å²) >= 11 is 0. The van der Waals surface area contributed by atoms with Crippen molar-refractivity contribution in [3.05, 3.63) is 35.4 Å². The Bertz CT molecular complexity index is 455. The highest BCUT2D eigenvalue weighted by Crippen LogP contribution is 2.42. The SMILES string of the molecule is CPPN=C(C)c1cccc(C(C)=NP(C)P)c1. The van der Waals surface area contributed by atoms with Crippen LogP contribution in [-0.2, 0) is 0 Å². The summed E-state index contributed by atoms with van der Waals surface area (Å²) in [5, 5.41) is 0. The number of nitrogens with zero attached hydrogens (tertiary/aromatic N) is 2. The van der Waals surface area contributed by atoms with Crippen molar-refractivity contribution in [3.63, 3.8) is 0 Å². The number of hydrogen-bond acceptors (Lipinski definition) is 2. The second kappa shape index (κ2) is 8.45. The molecule has 0 heterocycles. The molecule has 0 bridgehead atoms. The third kappa shape index (κ3) is 5.50. The van der Waals surface area contributed by atoms with E-state index in [1.807, 2.05) is 0 Å². The van der Waals surface area contributed by atoms with E-state index in [9.17, 15) is 0 Å². The molecule has 4 atom stereocenters. The first-order valence-electron chi connectivity index (χ1n) is 5.65. The standard InChI is InChI=1S/C12H20N2P4/c1-9(13-17-16-3)11-6-5-7-12(8-11)10(2)14-18(4)15/h5-8,16-17H,15H2,1-4H3. The highest BCUT2D eigenvalue weighted by atomic mass is 32.0. The molecule has 0 aliphatic rings. The van der Waals surface area contributed by atoms with Gasteiger partial charge in [-0.3, -0.25) is 9.53 Å². The lowest BCUT2D eigenvalue weighted by atomic mass is 10.1. The minimum atomic E-state index is -0.321. The van der Waals surface area contributed by atoms with Gasteiger partial charge in [0.05, 0.1) is 0 Å². The van der Waals surface area contributed by atoms with Crippen molar-refractivity contribution in [2.24, 2.45) is 9.53 Å². The first kappa shape index (κ1) is 16.3. The summed E-state index contributed by atoms with van der Waals surface area (Å²) in [6, 6.07) is 8.50. The maximum absolute atomic E-state index is 4.62. The number of hydrogen-bond donors (Lipinski definition) is 0. The lowest BCUT2D eigenvalue weighted by Gasteiger charge is -2.06. The normalized spacial score (nSPS) is 16.1. The van der Waals surface area contributed by atoms with Crippen molar-refractivity contribution in [2.75, 3.05) is 13.3 Å². The van der Waals surface area contributed by atoms with Gasteiger partial charge in [-0.05, 0) is 44.4 Å². The minimum Gasteiger partial charge on any atom is -0.265 e. The van der Waals surface area contributed by atoms with E-state index in [1.54, 1.807) is 0 Å². The van der Waals surface area contributed by atoms with E-state index < -0.39 is 0 Å². The van der Waals surface area contributed by atoms with Crippen molar-refractivity contribution >= 4 is 44.8 Å². The van der Waals surface area contributed by atoms with Crippen LogP contribution >= 0.6 is 33.4 Å². The van der Waals surface area contributed by atoms with Crippen LogP contribution in [0.2, 0.25) is 0 Å². The van der Waals surface area contributed by atoms with E-state index in [1.165, 1.54) is 11.1 Å². The predicted molar refractivity (Wildman–Crippen MR) is 96.0 cm³/mol. The molecule has 0 spiro atoms. The Labute approximate surface area is 117 Å². The summed E-state index contributed by atoms with van der Waals surface area (Å²) < 4.78 is 9.21. The summed E-state index contributed by atoms with van der Waals surface area (Å²) in [6.07, 6.45) is 0. The highest BCUT2D eigenvalue weighted by molar-refractivity contribution is 8.12. The number of rotatable bonds is 5. The molecule has 0 saturated carbocycles.